The summed E-state index contributed by atoms with van der Waals surface area (Å²) in [5, 5.41) is 6.27. The Labute approximate surface area is 193 Å². The van der Waals surface area contributed by atoms with Crippen LogP contribution in [0.15, 0.2) is 48.8 Å². The van der Waals surface area contributed by atoms with Gasteiger partial charge >= 0.3 is 6.18 Å². The Morgan fingerprint density at radius 1 is 1.24 bits per heavy atom. The fourth-order valence-electron chi connectivity index (χ4n) is 3.67. The second-order valence-corrected chi connectivity index (χ2v) is 7.83. The molecule has 1 aromatic heterocycles. The number of aromatic nitrogens is 2. The van der Waals surface area contributed by atoms with Crippen LogP contribution in [0.2, 0.25) is 5.02 Å². The topological polar surface area (TPSA) is 67.4 Å². The molecule has 1 amide bonds. The second kappa shape index (κ2) is 9.74. The van der Waals surface area contributed by atoms with Gasteiger partial charge in [0, 0.05) is 30.3 Å². The summed E-state index contributed by atoms with van der Waals surface area (Å²) >= 11 is 5.85. The van der Waals surface area contributed by atoms with Crippen molar-refractivity contribution in [3.8, 4) is 22.6 Å². The molecule has 0 saturated carbocycles. The molecule has 0 bridgehead atoms. The minimum Gasteiger partial charge on any atom is -0.492 e. The summed E-state index contributed by atoms with van der Waals surface area (Å²) < 4.78 is 50.4. The average molecular weight is 480 g/mol. The van der Waals surface area contributed by atoms with Gasteiger partial charge in [-0.2, -0.15) is 18.3 Å². The standard InChI is InChI=1S/C23H21ClF3N3O3/c24-21-17(23(25,26)27)6-2-8-19(21)32-11-3-9-20(31)30-10-4-12-33-22-16(5-1-7-18(22)30)15-13-28-29-14-15/h1-2,5-8,13-14H,3-4,9-12H2,(H,28,29). The molecule has 0 saturated heterocycles. The van der Waals surface area contributed by atoms with Crippen LogP contribution < -0.4 is 14.4 Å². The van der Waals surface area contributed by atoms with E-state index < -0.39 is 16.8 Å². The van der Waals surface area contributed by atoms with E-state index in [0.29, 0.717) is 37.4 Å². The summed E-state index contributed by atoms with van der Waals surface area (Å²) in [6, 6.07) is 9.11. The lowest BCUT2D eigenvalue weighted by Gasteiger charge is -2.23. The van der Waals surface area contributed by atoms with Gasteiger partial charge in [-0.1, -0.05) is 29.8 Å². The smallest absolute Gasteiger partial charge is 0.417 e. The number of anilines is 1. The minimum absolute atomic E-state index is 0.0546. The number of benzene rings is 2. The fraction of sp³-hybridized carbons (Fsp3) is 0.304. The van der Waals surface area contributed by atoms with Crippen LogP contribution in [0.4, 0.5) is 18.9 Å². The maximum atomic E-state index is 13.0. The van der Waals surface area contributed by atoms with Crippen molar-refractivity contribution in [2.45, 2.75) is 25.4 Å². The number of hydrogen-bond donors (Lipinski definition) is 1. The number of H-pyrrole nitrogens is 1. The zero-order valence-corrected chi connectivity index (χ0v) is 18.2. The highest BCUT2D eigenvalue weighted by Crippen LogP contribution is 2.41. The summed E-state index contributed by atoms with van der Waals surface area (Å²) in [6.45, 7) is 1.03. The third-order valence-corrected chi connectivity index (χ3v) is 5.62. The lowest BCUT2D eigenvalue weighted by molar-refractivity contribution is -0.137. The maximum Gasteiger partial charge on any atom is 0.417 e. The van der Waals surface area contributed by atoms with Gasteiger partial charge in [-0.15, -0.1) is 0 Å². The normalized spacial score (nSPS) is 13.8. The van der Waals surface area contributed by atoms with Crippen molar-refractivity contribution in [3.63, 3.8) is 0 Å². The van der Waals surface area contributed by atoms with Crippen LogP contribution in [0.5, 0.6) is 11.5 Å². The quantitative estimate of drug-likeness (QED) is 0.459. The second-order valence-electron chi connectivity index (χ2n) is 7.46. The third kappa shape index (κ3) is 5.08. The van der Waals surface area contributed by atoms with Gasteiger partial charge in [0.2, 0.25) is 5.91 Å². The number of aromatic amines is 1. The molecular weight excluding hydrogens is 459 g/mol. The molecule has 2 aromatic carbocycles. The predicted molar refractivity (Wildman–Crippen MR) is 118 cm³/mol. The Morgan fingerprint density at radius 2 is 2.06 bits per heavy atom. The predicted octanol–water partition coefficient (Wildman–Crippen LogP) is 5.72. The molecule has 174 valence electrons. The van der Waals surface area contributed by atoms with Crippen molar-refractivity contribution in [3.05, 3.63) is 59.4 Å². The van der Waals surface area contributed by atoms with Gasteiger partial charge in [-0.3, -0.25) is 9.89 Å². The van der Waals surface area contributed by atoms with E-state index in [1.807, 2.05) is 18.2 Å². The van der Waals surface area contributed by atoms with Crippen LogP contribution in [0, 0.1) is 0 Å². The SMILES string of the molecule is O=C(CCCOc1cccc(C(F)(F)F)c1Cl)N1CCCOc2c(-c3cn[nH]c3)cccc21. The molecule has 0 fully saturated rings. The number of ether oxygens (including phenoxy) is 2. The minimum atomic E-state index is -4.57. The van der Waals surface area contributed by atoms with Crippen molar-refractivity contribution >= 4 is 23.2 Å². The molecule has 1 aliphatic rings. The largest absolute Gasteiger partial charge is 0.492 e. The highest BCUT2D eigenvalue weighted by Gasteiger charge is 2.34. The number of hydrogen-bond acceptors (Lipinski definition) is 4. The summed E-state index contributed by atoms with van der Waals surface area (Å²) in [4.78, 5) is 14.7. The number of para-hydroxylation sites is 1. The third-order valence-electron chi connectivity index (χ3n) is 5.23. The number of carbonyl (C=O) groups excluding carboxylic acids is 1. The van der Waals surface area contributed by atoms with E-state index in [0.717, 1.165) is 17.2 Å². The van der Waals surface area contributed by atoms with Gasteiger partial charge in [-0.25, -0.2) is 0 Å². The van der Waals surface area contributed by atoms with E-state index in [4.69, 9.17) is 21.1 Å². The number of alkyl halides is 3. The molecule has 0 radical (unpaired) electrons. The lowest BCUT2D eigenvalue weighted by atomic mass is 10.1. The van der Waals surface area contributed by atoms with E-state index >= 15 is 0 Å². The van der Waals surface area contributed by atoms with Crippen LogP contribution in [0.25, 0.3) is 11.1 Å². The summed E-state index contributed by atoms with van der Waals surface area (Å²) in [5.74, 6) is 0.443. The molecule has 10 heteroatoms. The van der Waals surface area contributed by atoms with Crippen molar-refractivity contribution < 1.29 is 27.4 Å². The first kappa shape index (κ1) is 23.0. The zero-order chi connectivity index (χ0) is 23.4. The average Bonchev–Trinajstić information content (AvgIpc) is 3.23. The molecule has 0 unspecified atom stereocenters. The molecular formula is C23H21ClF3N3O3. The van der Waals surface area contributed by atoms with E-state index in [1.54, 1.807) is 17.3 Å². The maximum absolute atomic E-state index is 13.0. The number of halogens is 4. The Kier molecular flexibility index (Phi) is 6.78. The molecule has 4 rings (SSSR count). The number of rotatable bonds is 6. The number of fused-ring (bicyclic) bond motifs is 1. The highest BCUT2D eigenvalue weighted by atomic mass is 35.5. The van der Waals surface area contributed by atoms with Gasteiger partial charge in [0.05, 0.1) is 35.7 Å². The monoisotopic (exact) mass is 479 g/mol. The van der Waals surface area contributed by atoms with Crippen molar-refractivity contribution in [2.75, 3.05) is 24.7 Å². The van der Waals surface area contributed by atoms with E-state index in [2.05, 4.69) is 10.2 Å². The van der Waals surface area contributed by atoms with Crippen LogP contribution >= 0.6 is 11.6 Å². The molecule has 1 N–H and O–H groups in total. The van der Waals surface area contributed by atoms with Crippen molar-refractivity contribution in [1.82, 2.24) is 10.2 Å². The Morgan fingerprint density at radius 3 is 2.82 bits per heavy atom. The van der Waals surface area contributed by atoms with E-state index in [1.165, 1.54) is 12.1 Å². The van der Waals surface area contributed by atoms with Gasteiger partial charge in [0.25, 0.3) is 0 Å². The summed E-state index contributed by atoms with van der Waals surface area (Å²) in [6.07, 6.45) is 0.0234. The van der Waals surface area contributed by atoms with Gasteiger partial charge in [0.15, 0.2) is 5.75 Å². The van der Waals surface area contributed by atoms with Crippen LogP contribution in [0.1, 0.15) is 24.8 Å². The lowest BCUT2D eigenvalue weighted by Crippen LogP contribution is -2.31. The Hall–Kier alpha value is -3.20. The Balaban J connectivity index is 1.42. The number of nitrogens with one attached hydrogen (secondary N) is 1. The van der Waals surface area contributed by atoms with Crippen LogP contribution in [0.3, 0.4) is 0 Å². The van der Waals surface area contributed by atoms with Gasteiger partial charge < -0.3 is 14.4 Å². The molecule has 3 aromatic rings. The number of amides is 1. The van der Waals surface area contributed by atoms with Gasteiger partial charge in [0.1, 0.15) is 5.75 Å². The molecule has 6 nitrogen and oxygen atoms in total. The first-order valence-corrected chi connectivity index (χ1v) is 10.8. The Bertz CT molecular complexity index is 1120. The number of carbonyl (C=O) groups is 1. The highest BCUT2D eigenvalue weighted by molar-refractivity contribution is 6.32. The van der Waals surface area contributed by atoms with E-state index in [9.17, 15) is 18.0 Å². The first-order chi connectivity index (χ1) is 15.9. The first-order valence-electron chi connectivity index (χ1n) is 10.4. The van der Waals surface area contributed by atoms with Crippen LogP contribution in [-0.2, 0) is 11.0 Å². The molecule has 0 atom stereocenters. The molecule has 33 heavy (non-hydrogen) atoms. The van der Waals surface area contributed by atoms with Gasteiger partial charge in [-0.05, 0) is 31.0 Å². The molecule has 0 spiro atoms. The molecule has 2 heterocycles. The fourth-order valence-corrected chi connectivity index (χ4v) is 3.96. The number of nitrogens with zero attached hydrogens (tertiary/aromatic N) is 2. The van der Waals surface area contributed by atoms with Crippen molar-refractivity contribution in [2.24, 2.45) is 0 Å². The van der Waals surface area contributed by atoms with E-state index in [-0.39, 0.29) is 24.7 Å². The molecule has 1 aliphatic heterocycles. The molecule has 0 aliphatic carbocycles. The van der Waals surface area contributed by atoms with Crippen molar-refractivity contribution in [1.29, 1.82) is 0 Å². The van der Waals surface area contributed by atoms with Crippen LogP contribution in [-0.4, -0.2) is 35.9 Å². The summed E-state index contributed by atoms with van der Waals surface area (Å²) in [7, 11) is 0. The summed E-state index contributed by atoms with van der Waals surface area (Å²) in [5.41, 5.74) is 1.42. The zero-order valence-electron chi connectivity index (χ0n) is 17.5.